The van der Waals surface area contributed by atoms with Crippen molar-refractivity contribution in [2.24, 2.45) is 0 Å². The quantitative estimate of drug-likeness (QED) is 0.258. The van der Waals surface area contributed by atoms with E-state index in [2.05, 4.69) is 51.8 Å². The smallest absolute Gasteiger partial charge is 0.256 e. The number of carbonyl (C=O) groups is 1. The fourth-order valence-electron chi connectivity index (χ4n) is 4.64. The summed E-state index contributed by atoms with van der Waals surface area (Å²) in [5.74, 6) is -0.156. The maximum atomic E-state index is 13.5. The van der Waals surface area contributed by atoms with Crippen molar-refractivity contribution in [3.63, 3.8) is 0 Å². The van der Waals surface area contributed by atoms with Gasteiger partial charge in [-0.1, -0.05) is 35.9 Å². The van der Waals surface area contributed by atoms with Gasteiger partial charge in [0.05, 0.1) is 10.7 Å². The van der Waals surface area contributed by atoms with E-state index in [0.717, 1.165) is 46.9 Å². The largest absolute Gasteiger partial charge is 0.322 e. The number of hydrogen-bond acceptors (Lipinski definition) is 4. The van der Waals surface area contributed by atoms with Gasteiger partial charge in [0.2, 0.25) is 0 Å². The van der Waals surface area contributed by atoms with Crippen LogP contribution in [0.2, 0.25) is 5.02 Å². The number of likely N-dealkylation sites (tertiary alicyclic amines) is 1. The van der Waals surface area contributed by atoms with E-state index in [0.29, 0.717) is 16.3 Å². The minimum absolute atomic E-state index is 0.156. The maximum absolute atomic E-state index is 13.5. The van der Waals surface area contributed by atoms with Gasteiger partial charge in [0.1, 0.15) is 0 Å². The summed E-state index contributed by atoms with van der Waals surface area (Å²) in [7, 11) is 0. The number of hydrogen-bond donors (Lipinski definition) is 1. The summed E-state index contributed by atoms with van der Waals surface area (Å²) in [6.45, 7) is 3.25. The van der Waals surface area contributed by atoms with Crippen LogP contribution in [-0.4, -0.2) is 35.1 Å². The van der Waals surface area contributed by atoms with Crippen LogP contribution in [-0.2, 0) is 6.54 Å². The SMILES string of the molecule is CSc1ccc(C(=O)Nc2ccc(Cl)c(-c3ccccn3)c2)c(-c2cccc(CN3CCCC3)c2)c1. The summed E-state index contributed by atoms with van der Waals surface area (Å²) < 4.78 is 0. The first kappa shape index (κ1) is 24.6. The number of aromatic nitrogens is 1. The average molecular weight is 514 g/mol. The first-order chi connectivity index (χ1) is 17.6. The first-order valence-corrected chi connectivity index (χ1v) is 13.7. The second-order valence-electron chi connectivity index (χ2n) is 8.96. The molecule has 1 aromatic heterocycles. The molecule has 36 heavy (non-hydrogen) atoms. The zero-order valence-corrected chi connectivity index (χ0v) is 21.8. The fourth-order valence-corrected chi connectivity index (χ4v) is 5.30. The molecule has 1 aliphatic heterocycles. The van der Waals surface area contributed by atoms with Gasteiger partial charge in [-0.05, 0) is 103 Å². The Morgan fingerprint density at radius 3 is 2.61 bits per heavy atom. The Balaban J connectivity index is 1.45. The van der Waals surface area contributed by atoms with E-state index < -0.39 is 0 Å². The van der Waals surface area contributed by atoms with Crippen LogP contribution in [0.25, 0.3) is 22.4 Å². The van der Waals surface area contributed by atoms with Gasteiger partial charge in [-0.2, -0.15) is 0 Å². The molecule has 1 saturated heterocycles. The molecular weight excluding hydrogens is 486 g/mol. The van der Waals surface area contributed by atoms with Crippen LogP contribution in [0.5, 0.6) is 0 Å². The molecule has 4 aromatic rings. The molecule has 0 radical (unpaired) electrons. The van der Waals surface area contributed by atoms with Crippen molar-refractivity contribution >= 4 is 35.0 Å². The Labute approximate surface area is 221 Å². The maximum Gasteiger partial charge on any atom is 0.256 e. The van der Waals surface area contributed by atoms with Gasteiger partial charge in [0.25, 0.3) is 5.91 Å². The summed E-state index contributed by atoms with van der Waals surface area (Å²) in [5, 5.41) is 3.67. The highest BCUT2D eigenvalue weighted by Crippen LogP contribution is 2.32. The zero-order valence-electron chi connectivity index (χ0n) is 20.2. The van der Waals surface area contributed by atoms with Gasteiger partial charge >= 0.3 is 0 Å². The van der Waals surface area contributed by atoms with Gasteiger partial charge in [-0.3, -0.25) is 14.7 Å². The van der Waals surface area contributed by atoms with Gasteiger partial charge in [-0.15, -0.1) is 11.8 Å². The zero-order chi connectivity index (χ0) is 24.9. The molecule has 0 aliphatic carbocycles. The van der Waals surface area contributed by atoms with E-state index in [1.807, 2.05) is 42.5 Å². The van der Waals surface area contributed by atoms with Gasteiger partial charge in [0, 0.05) is 34.5 Å². The molecule has 1 fully saturated rings. The third-order valence-corrected chi connectivity index (χ3v) is 7.53. The highest BCUT2D eigenvalue weighted by molar-refractivity contribution is 7.98. The Morgan fingerprint density at radius 1 is 0.972 bits per heavy atom. The van der Waals surface area contributed by atoms with E-state index in [9.17, 15) is 4.79 Å². The Morgan fingerprint density at radius 2 is 1.83 bits per heavy atom. The summed E-state index contributed by atoms with van der Waals surface area (Å²) in [4.78, 5) is 21.5. The van der Waals surface area contributed by atoms with Crippen LogP contribution in [0.15, 0.2) is 90.0 Å². The molecule has 0 saturated carbocycles. The van der Waals surface area contributed by atoms with Gasteiger partial charge in [0.15, 0.2) is 0 Å². The second kappa shape index (κ2) is 11.3. The summed E-state index contributed by atoms with van der Waals surface area (Å²) in [6, 6.07) is 25.8. The predicted molar refractivity (Wildman–Crippen MR) is 151 cm³/mol. The fraction of sp³-hybridized carbons (Fsp3) is 0.200. The molecule has 3 aromatic carbocycles. The number of nitrogens with zero attached hydrogens (tertiary/aromatic N) is 2. The Kier molecular flexibility index (Phi) is 7.71. The Hall–Kier alpha value is -3.12. The third kappa shape index (κ3) is 5.65. The lowest BCUT2D eigenvalue weighted by Crippen LogP contribution is -2.18. The molecule has 0 bridgehead atoms. The molecular formula is C30H28ClN3OS. The van der Waals surface area contributed by atoms with E-state index in [-0.39, 0.29) is 5.91 Å². The van der Waals surface area contributed by atoms with Crippen LogP contribution in [0.3, 0.4) is 0 Å². The van der Waals surface area contributed by atoms with E-state index in [4.69, 9.17) is 11.6 Å². The topological polar surface area (TPSA) is 45.2 Å². The summed E-state index contributed by atoms with van der Waals surface area (Å²) in [5.41, 5.74) is 6.11. The number of benzene rings is 3. The summed E-state index contributed by atoms with van der Waals surface area (Å²) >= 11 is 8.11. The van der Waals surface area contributed by atoms with Crippen molar-refractivity contribution in [2.75, 3.05) is 24.7 Å². The van der Waals surface area contributed by atoms with Crippen LogP contribution >= 0.6 is 23.4 Å². The number of thioether (sulfide) groups is 1. The number of pyridine rings is 1. The molecule has 4 nitrogen and oxygen atoms in total. The highest BCUT2D eigenvalue weighted by Gasteiger charge is 2.17. The first-order valence-electron chi connectivity index (χ1n) is 12.1. The monoisotopic (exact) mass is 513 g/mol. The molecule has 1 amide bonds. The number of halogens is 1. The summed E-state index contributed by atoms with van der Waals surface area (Å²) in [6.07, 6.45) is 6.32. The van der Waals surface area contributed by atoms with Crippen LogP contribution in [0, 0.1) is 0 Å². The molecule has 1 aliphatic rings. The average Bonchev–Trinajstić information content (AvgIpc) is 3.43. The van der Waals surface area contributed by atoms with Gasteiger partial charge < -0.3 is 5.32 Å². The van der Waals surface area contributed by atoms with E-state index >= 15 is 0 Å². The lowest BCUT2D eigenvalue weighted by molar-refractivity contribution is 0.102. The van der Waals surface area contributed by atoms with Crippen molar-refractivity contribution in [3.8, 4) is 22.4 Å². The molecule has 182 valence electrons. The predicted octanol–water partition coefficient (Wildman–Crippen LogP) is 7.64. The Bertz CT molecular complexity index is 1370. The van der Waals surface area contributed by atoms with Gasteiger partial charge in [-0.25, -0.2) is 0 Å². The lowest BCUT2D eigenvalue weighted by Gasteiger charge is -2.17. The molecule has 0 unspecified atom stereocenters. The van der Waals surface area contributed by atoms with E-state index in [1.165, 1.54) is 18.4 Å². The highest BCUT2D eigenvalue weighted by atomic mass is 35.5. The van der Waals surface area contributed by atoms with Crippen molar-refractivity contribution in [3.05, 3.63) is 101 Å². The van der Waals surface area contributed by atoms with Crippen LogP contribution < -0.4 is 5.32 Å². The van der Waals surface area contributed by atoms with Crippen molar-refractivity contribution in [1.82, 2.24) is 9.88 Å². The third-order valence-electron chi connectivity index (χ3n) is 6.48. The normalized spacial score (nSPS) is 13.6. The number of amides is 1. The molecule has 2 heterocycles. The van der Waals surface area contributed by atoms with Crippen molar-refractivity contribution < 1.29 is 4.79 Å². The number of nitrogens with one attached hydrogen (secondary N) is 1. The van der Waals surface area contributed by atoms with Crippen molar-refractivity contribution in [1.29, 1.82) is 0 Å². The molecule has 0 atom stereocenters. The molecule has 1 N–H and O–H groups in total. The standard InChI is InChI=1S/C30H28ClN3OS/c1-36-24-11-12-25(26(19-24)22-8-6-7-21(17-22)20-34-15-4-5-16-34)30(35)33-23-10-13-28(31)27(18-23)29-9-2-3-14-32-29/h2-3,6-14,17-19H,4-5,15-16,20H2,1H3,(H,33,35). The minimum Gasteiger partial charge on any atom is -0.322 e. The molecule has 5 rings (SSSR count). The van der Waals surface area contributed by atoms with E-state index in [1.54, 1.807) is 24.0 Å². The van der Waals surface area contributed by atoms with Crippen molar-refractivity contribution in [2.45, 2.75) is 24.3 Å². The number of anilines is 1. The number of rotatable bonds is 7. The second-order valence-corrected chi connectivity index (χ2v) is 10.2. The number of carbonyl (C=O) groups excluding carboxylic acids is 1. The molecule has 6 heteroatoms. The minimum atomic E-state index is -0.156. The van der Waals surface area contributed by atoms with Crippen LogP contribution in [0.4, 0.5) is 5.69 Å². The van der Waals surface area contributed by atoms with Crippen LogP contribution in [0.1, 0.15) is 28.8 Å². The lowest BCUT2D eigenvalue weighted by atomic mass is 9.97. The molecule has 0 spiro atoms.